The van der Waals surface area contributed by atoms with Crippen LogP contribution in [0.1, 0.15) is 28.3 Å². The summed E-state index contributed by atoms with van der Waals surface area (Å²) in [5, 5.41) is 3.49. The van der Waals surface area contributed by atoms with Crippen LogP contribution in [0, 0.1) is 6.92 Å². The fourth-order valence-corrected chi connectivity index (χ4v) is 3.28. The molecule has 0 aliphatic heterocycles. The Hall–Kier alpha value is -0.910. The van der Waals surface area contributed by atoms with Gasteiger partial charge in [-0.1, -0.05) is 12.2 Å². The monoisotopic (exact) mass is 354 g/mol. The maximum absolute atomic E-state index is 5.62. The number of anilines is 1. The molecule has 0 aliphatic rings. The Kier molecular flexibility index (Phi) is 4.60. The minimum atomic E-state index is 0.269. The lowest BCUT2D eigenvalue weighted by Crippen LogP contribution is -2.10. The van der Waals surface area contributed by atoms with E-state index in [4.69, 9.17) is 18.0 Å². The smallest absolute Gasteiger partial charge is 0.104 e. The van der Waals surface area contributed by atoms with Gasteiger partial charge in [-0.2, -0.15) is 0 Å². The van der Waals surface area contributed by atoms with Gasteiger partial charge >= 0.3 is 0 Å². The van der Waals surface area contributed by atoms with Gasteiger partial charge in [-0.05, 0) is 60.1 Å². The summed E-state index contributed by atoms with van der Waals surface area (Å²) in [5.74, 6) is 0. The van der Waals surface area contributed by atoms with Crippen molar-refractivity contribution in [3.05, 3.63) is 50.1 Å². The van der Waals surface area contributed by atoms with Gasteiger partial charge in [-0.3, -0.25) is 0 Å². The molecule has 1 heterocycles. The molecule has 1 unspecified atom stereocenters. The zero-order valence-electron chi connectivity index (χ0n) is 10.7. The molecule has 0 radical (unpaired) electrons. The molecule has 0 saturated carbocycles. The Morgan fingerprint density at radius 3 is 2.63 bits per heavy atom. The van der Waals surface area contributed by atoms with Gasteiger partial charge in [0, 0.05) is 25.5 Å². The van der Waals surface area contributed by atoms with Crippen LogP contribution in [0.2, 0.25) is 0 Å². The molecule has 5 heteroatoms. The molecule has 0 spiro atoms. The second kappa shape index (κ2) is 6.03. The van der Waals surface area contributed by atoms with E-state index in [0.717, 1.165) is 15.7 Å². The fraction of sp³-hybridized carbons (Fsp3) is 0.214. The van der Waals surface area contributed by atoms with Gasteiger partial charge in [0.2, 0.25) is 0 Å². The highest BCUT2D eigenvalue weighted by Crippen LogP contribution is 2.30. The van der Waals surface area contributed by atoms with Crippen molar-refractivity contribution in [2.45, 2.75) is 19.9 Å². The minimum absolute atomic E-state index is 0.269. The minimum Gasteiger partial charge on any atom is -0.389 e. The van der Waals surface area contributed by atoms with Gasteiger partial charge < -0.3 is 11.1 Å². The van der Waals surface area contributed by atoms with Crippen molar-refractivity contribution >= 4 is 50.2 Å². The first-order valence-corrected chi connectivity index (χ1v) is 7.91. The predicted molar refractivity (Wildman–Crippen MR) is 91.1 cm³/mol. The molecule has 2 nitrogen and oxygen atoms in total. The van der Waals surface area contributed by atoms with Gasteiger partial charge in [-0.25, -0.2) is 0 Å². The number of nitrogens with one attached hydrogen (secondary N) is 1. The molecule has 2 aromatic rings. The number of hydrogen-bond acceptors (Lipinski definition) is 3. The molecule has 100 valence electrons. The molecule has 0 bridgehead atoms. The van der Waals surface area contributed by atoms with Crippen molar-refractivity contribution in [1.82, 2.24) is 0 Å². The number of thiocarbonyl (C=S) groups is 1. The lowest BCUT2D eigenvalue weighted by Gasteiger charge is -2.15. The Bertz CT molecular complexity index is 607. The molecule has 1 aromatic heterocycles. The third-order valence-electron chi connectivity index (χ3n) is 2.81. The first-order valence-electron chi connectivity index (χ1n) is 5.89. The molecular weight excluding hydrogens is 340 g/mol. The van der Waals surface area contributed by atoms with E-state index in [9.17, 15) is 0 Å². The van der Waals surface area contributed by atoms with Crippen molar-refractivity contribution in [1.29, 1.82) is 0 Å². The summed E-state index contributed by atoms with van der Waals surface area (Å²) in [6, 6.07) is 10.4. The van der Waals surface area contributed by atoms with Crippen LogP contribution < -0.4 is 11.1 Å². The largest absolute Gasteiger partial charge is 0.389 e. The average Bonchev–Trinajstić information content (AvgIpc) is 2.78. The normalized spacial score (nSPS) is 12.2. The van der Waals surface area contributed by atoms with E-state index in [1.807, 2.05) is 29.5 Å². The van der Waals surface area contributed by atoms with Crippen LogP contribution in [0.5, 0.6) is 0 Å². The number of halogens is 1. The van der Waals surface area contributed by atoms with Crippen LogP contribution in [-0.4, -0.2) is 4.99 Å². The maximum atomic E-state index is 5.62. The summed E-state index contributed by atoms with van der Waals surface area (Å²) < 4.78 is 0.970. The molecule has 19 heavy (non-hydrogen) atoms. The molecule has 3 N–H and O–H groups in total. The number of aryl methyl sites for hydroxylation is 1. The van der Waals surface area contributed by atoms with Crippen molar-refractivity contribution in [2.24, 2.45) is 5.73 Å². The van der Waals surface area contributed by atoms with Gasteiger partial charge in [0.25, 0.3) is 0 Å². The second-order valence-electron chi connectivity index (χ2n) is 4.37. The zero-order chi connectivity index (χ0) is 14.0. The zero-order valence-corrected chi connectivity index (χ0v) is 14.0. The number of benzene rings is 1. The van der Waals surface area contributed by atoms with E-state index in [0.29, 0.717) is 4.99 Å². The lowest BCUT2D eigenvalue weighted by molar-refractivity contribution is 0.907. The topological polar surface area (TPSA) is 38.0 Å². The van der Waals surface area contributed by atoms with E-state index in [1.54, 1.807) is 0 Å². The third kappa shape index (κ3) is 3.55. The standard InChI is InChI=1S/C14H15BrN2S2/c1-8-3-6-13(19-8)9(2)17-12-5-4-10(14(16)18)7-11(12)15/h3-7,9,17H,1-2H3,(H2,16,18). The third-order valence-corrected chi connectivity index (χ3v) is 4.89. The number of rotatable bonds is 4. The SMILES string of the molecule is Cc1ccc(C(C)Nc2ccc(C(N)=S)cc2Br)s1. The summed E-state index contributed by atoms with van der Waals surface area (Å²) >= 11 is 10.3. The van der Waals surface area contributed by atoms with Crippen LogP contribution in [0.15, 0.2) is 34.8 Å². The Labute approximate surface area is 131 Å². The molecular formula is C14H15BrN2S2. The highest BCUT2D eigenvalue weighted by molar-refractivity contribution is 9.10. The highest BCUT2D eigenvalue weighted by atomic mass is 79.9. The summed E-state index contributed by atoms with van der Waals surface area (Å²) in [7, 11) is 0. The van der Waals surface area contributed by atoms with Gasteiger partial charge in [0.1, 0.15) is 4.99 Å². The number of nitrogens with two attached hydrogens (primary N) is 1. The summed E-state index contributed by atoms with van der Waals surface area (Å²) in [6.45, 7) is 4.27. The first-order chi connectivity index (χ1) is 8.97. The van der Waals surface area contributed by atoms with Crippen LogP contribution in [0.3, 0.4) is 0 Å². The van der Waals surface area contributed by atoms with Crippen molar-refractivity contribution in [2.75, 3.05) is 5.32 Å². The van der Waals surface area contributed by atoms with Crippen LogP contribution in [0.4, 0.5) is 5.69 Å². The van der Waals surface area contributed by atoms with Crippen molar-refractivity contribution in [3.63, 3.8) is 0 Å². The molecule has 0 saturated heterocycles. The number of thiophene rings is 1. The summed E-state index contributed by atoms with van der Waals surface area (Å²) in [5.41, 5.74) is 7.53. The van der Waals surface area contributed by atoms with E-state index in [1.165, 1.54) is 9.75 Å². The van der Waals surface area contributed by atoms with Gasteiger partial charge in [0.05, 0.1) is 6.04 Å². The molecule has 0 aliphatic carbocycles. The highest BCUT2D eigenvalue weighted by Gasteiger charge is 2.10. The van der Waals surface area contributed by atoms with E-state index in [2.05, 4.69) is 47.2 Å². The van der Waals surface area contributed by atoms with Crippen LogP contribution in [-0.2, 0) is 0 Å². The van der Waals surface area contributed by atoms with Gasteiger partial charge in [-0.15, -0.1) is 11.3 Å². The summed E-state index contributed by atoms with van der Waals surface area (Å²) in [6.07, 6.45) is 0. The Morgan fingerprint density at radius 1 is 1.37 bits per heavy atom. The Balaban J connectivity index is 2.17. The quantitative estimate of drug-likeness (QED) is 0.786. The lowest BCUT2D eigenvalue weighted by atomic mass is 10.2. The maximum Gasteiger partial charge on any atom is 0.104 e. The predicted octanol–water partition coefficient (Wildman–Crippen LogP) is 4.63. The fourth-order valence-electron chi connectivity index (χ4n) is 1.78. The average molecular weight is 355 g/mol. The van der Waals surface area contributed by atoms with Crippen molar-refractivity contribution < 1.29 is 0 Å². The first kappa shape index (κ1) is 14.5. The van der Waals surface area contributed by atoms with E-state index < -0.39 is 0 Å². The van der Waals surface area contributed by atoms with Gasteiger partial charge in [0.15, 0.2) is 0 Å². The second-order valence-corrected chi connectivity index (χ2v) is 6.99. The molecule has 1 atom stereocenters. The molecule has 0 fully saturated rings. The molecule has 2 rings (SSSR count). The Morgan fingerprint density at radius 2 is 2.11 bits per heavy atom. The van der Waals surface area contributed by atoms with Crippen LogP contribution in [0.25, 0.3) is 0 Å². The number of hydrogen-bond donors (Lipinski definition) is 2. The molecule has 1 aromatic carbocycles. The van der Waals surface area contributed by atoms with E-state index >= 15 is 0 Å². The van der Waals surface area contributed by atoms with Crippen LogP contribution >= 0.6 is 39.5 Å². The summed E-state index contributed by atoms with van der Waals surface area (Å²) in [4.78, 5) is 3.06. The van der Waals surface area contributed by atoms with Crippen molar-refractivity contribution in [3.8, 4) is 0 Å². The molecule has 0 amide bonds. The van der Waals surface area contributed by atoms with E-state index in [-0.39, 0.29) is 6.04 Å².